The Bertz CT molecular complexity index is 394. The van der Waals surface area contributed by atoms with Crippen molar-refractivity contribution in [1.29, 1.82) is 0 Å². The van der Waals surface area contributed by atoms with Crippen LogP contribution in [-0.2, 0) is 11.3 Å². The monoisotopic (exact) mass is 261 g/mol. The fraction of sp³-hybridized carbons (Fsp3) is 0.600. The summed E-state index contributed by atoms with van der Waals surface area (Å²) in [6, 6.07) is 4.17. The molecule has 1 aliphatic rings. The lowest BCUT2D eigenvalue weighted by molar-refractivity contribution is -0.119. The maximum absolute atomic E-state index is 10.9. The van der Waals surface area contributed by atoms with Gasteiger partial charge in [0.2, 0.25) is 5.91 Å². The number of pyridine rings is 1. The molecule has 0 saturated carbocycles. The van der Waals surface area contributed by atoms with E-state index in [0.717, 1.165) is 26.1 Å². The topological polar surface area (TPSA) is 45.2 Å². The third-order valence-corrected chi connectivity index (χ3v) is 3.69. The van der Waals surface area contributed by atoms with E-state index >= 15 is 0 Å². The molecule has 104 valence electrons. The molecule has 1 fully saturated rings. The molecule has 2 rings (SSSR count). The van der Waals surface area contributed by atoms with Crippen molar-refractivity contribution in [2.45, 2.75) is 32.7 Å². The standard InChI is InChI=1S/C15H23N3O/c1-13(19)17-9-6-14-3-2-10-18(11-14)12-15-4-7-16-8-5-15/h4-5,7-8,14H,2-3,6,9-12H2,1H3,(H,17,19)/t14-/m0/s1. The Labute approximate surface area is 115 Å². The van der Waals surface area contributed by atoms with Gasteiger partial charge in [-0.2, -0.15) is 0 Å². The van der Waals surface area contributed by atoms with Crippen LogP contribution >= 0.6 is 0 Å². The van der Waals surface area contributed by atoms with E-state index in [0.29, 0.717) is 5.92 Å². The predicted molar refractivity (Wildman–Crippen MR) is 75.5 cm³/mol. The molecule has 0 unspecified atom stereocenters. The summed E-state index contributed by atoms with van der Waals surface area (Å²) in [4.78, 5) is 17.4. The molecule has 4 heteroatoms. The van der Waals surface area contributed by atoms with Gasteiger partial charge in [0.25, 0.3) is 0 Å². The molecule has 0 aromatic carbocycles. The van der Waals surface area contributed by atoms with Gasteiger partial charge >= 0.3 is 0 Å². The van der Waals surface area contributed by atoms with Crippen molar-refractivity contribution in [2.75, 3.05) is 19.6 Å². The number of nitrogens with zero attached hydrogens (tertiary/aromatic N) is 2. The van der Waals surface area contributed by atoms with E-state index in [1.54, 1.807) is 6.92 Å². The second kappa shape index (κ2) is 7.24. The van der Waals surface area contributed by atoms with Crippen molar-refractivity contribution in [1.82, 2.24) is 15.2 Å². The average molecular weight is 261 g/mol. The first kappa shape index (κ1) is 14.0. The van der Waals surface area contributed by atoms with E-state index in [9.17, 15) is 4.79 Å². The minimum Gasteiger partial charge on any atom is -0.356 e. The Kier molecular flexibility index (Phi) is 5.33. The highest BCUT2D eigenvalue weighted by atomic mass is 16.1. The van der Waals surface area contributed by atoms with Crippen LogP contribution in [0.15, 0.2) is 24.5 Å². The van der Waals surface area contributed by atoms with Crippen LogP contribution < -0.4 is 5.32 Å². The largest absolute Gasteiger partial charge is 0.356 e. The van der Waals surface area contributed by atoms with Crippen LogP contribution in [0, 0.1) is 5.92 Å². The van der Waals surface area contributed by atoms with E-state index in [4.69, 9.17) is 0 Å². The molecule has 19 heavy (non-hydrogen) atoms. The van der Waals surface area contributed by atoms with Gasteiger partial charge in [-0.05, 0) is 49.4 Å². The van der Waals surface area contributed by atoms with Crippen molar-refractivity contribution < 1.29 is 4.79 Å². The van der Waals surface area contributed by atoms with E-state index in [1.165, 1.54) is 24.9 Å². The second-order valence-electron chi connectivity index (χ2n) is 5.37. The number of nitrogens with one attached hydrogen (secondary N) is 1. The van der Waals surface area contributed by atoms with Crippen molar-refractivity contribution in [3.63, 3.8) is 0 Å². The first-order valence-corrected chi connectivity index (χ1v) is 7.10. The molecule has 1 saturated heterocycles. The molecular formula is C15H23N3O. The number of likely N-dealkylation sites (tertiary alicyclic amines) is 1. The van der Waals surface area contributed by atoms with Crippen LogP contribution in [0.4, 0.5) is 0 Å². The zero-order valence-corrected chi connectivity index (χ0v) is 11.6. The molecule has 1 aliphatic heterocycles. The van der Waals surface area contributed by atoms with Crippen LogP contribution in [-0.4, -0.2) is 35.4 Å². The zero-order chi connectivity index (χ0) is 13.5. The molecule has 0 radical (unpaired) electrons. The highest BCUT2D eigenvalue weighted by Gasteiger charge is 2.19. The van der Waals surface area contributed by atoms with E-state index in [2.05, 4.69) is 27.3 Å². The number of carbonyl (C=O) groups is 1. The van der Waals surface area contributed by atoms with Crippen LogP contribution in [0.1, 0.15) is 31.7 Å². The van der Waals surface area contributed by atoms with Gasteiger partial charge in [-0.25, -0.2) is 0 Å². The van der Waals surface area contributed by atoms with Crippen molar-refractivity contribution in [2.24, 2.45) is 5.92 Å². The summed E-state index contributed by atoms with van der Waals surface area (Å²) in [7, 11) is 0. The first-order chi connectivity index (χ1) is 9.24. The summed E-state index contributed by atoms with van der Waals surface area (Å²) in [6.07, 6.45) is 7.34. The van der Waals surface area contributed by atoms with Gasteiger partial charge in [0.15, 0.2) is 0 Å². The summed E-state index contributed by atoms with van der Waals surface area (Å²) < 4.78 is 0. The van der Waals surface area contributed by atoms with Gasteiger partial charge in [-0.1, -0.05) is 0 Å². The molecule has 1 aromatic heterocycles. The van der Waals surface area contributed by atoms with Crippen molar-refractivity contribution >= 4 is 5.91 Å². The van der Waals surface area contributed by atoms with Crippen LogP contribution in [0.2, 0.25) is 0 Å². The summed E-state index contributed by atoms with van der Waals surface area (Å²) >= 11 is 0. The zero-order valence-electron chi connectivity index (χ0n) is 11.6. The summed E-state index contributed by atoms with van der Waals surface area (Å²) in [5, 5.41) is 2.89. The van der Waals surface area contributed by atoms with Gasteiger partial charge < -0.3 is 5.32 Å². The van der Waals surface area contributed by atoms with Gasteiger partial charge in [0, 0.05) is 39.0 Å². The Balaban J connectivity index is 1.75. The average Bonchev–Trinajstić information content (AvgIpc) is 2.40. The van der Waals surface area contributed by atoms with Gasteiger partial charge in [0.05, 0.1) is 0 Å². The minimum absolute atomic E-state index is 0.0736. The Morgan fingerprint density at radius 1 is 1.47 bits per heavy atom. The highest BCUT2D eigenvalue weighted by molar-refractivity contribution is 5.72. The predicted octanol–water partition coefficient (Wildman–Crippen LogP) is 1.82. The van der Waals surface area contributed by atoms with Gasteiger partial charge in [-0.15, -0.1) is 0 Å². The Hall–Kier alpha value is -1.42. The number of rotatable bonds is 5. The van der Waals surface area contributed by atoms with E-state index < -0.39 is 0 Å². The normalized spacial score (nSPS) is 20.2. The van der Waals surface area contributed by atoms with Crippen molar-refractivity contribution in [3.8, 4) is 0 Å². The number of hydrogen-bond donors (Lipinski definition) is 1. The maximum Gasteiger partial charge on any atom is 0.216 e. The number of carbonyl (C=O) groups excluding carboxylic acids is 1. The van der Waals surface area contributed by atoms with Crippen molar-refractivity contribution in [3.05, 3.63) is 30.1 Å². The molecule has 0 bridgehead atoms. The van der Waals surface area contributed by atoms with E-state index in [1.807, 2.05) is 12.4 Å². The molecule has 0 spiro atoms. The lowest BCUT2D eigenvalue weighted by Gasteiger charge is -2.32. The third kappa shape index (κ3) is 4.99. The van der Waals surface area contributed by atoms with Crippen LogP contribution in [0.3, 0.4) is 0 Å². The highest BCUT2D eigenvalue weighted by Crippen LogP contribution is 2.20. The van der Waals surface area contributed by atoms with Crippen LogP contribution in [0.25, 0.3) is 0 Å². The Morgan fingerprint density at radius 3 is 3.00 bits per heavy atom. The fourth-order valence-corrected chi connectivity index (χ4v) is 2.73. The molecule has 2 heterocycles. The lowest BCUT2D eigenvalue weighted by Crippen LogP contribution is -2.36. The molecule has 0 aliphatic carbocycles. The number of amides is 1. The number of aromatic nitrogens is 1. The number of hydrogen-bond acceptors (Lipinski definition) is 3. The molecule has 1 amide bonds. The van der Waals surface area contributed by atoms with E-state index in [-0.39, 0.29) is 5.91 Å². The van der Waals surface area contributed by atoms with Gasteiger partial charge in [0.1, 0.15) is 0 Å². The maximum atomic E-state index is 10.9. The molecule has 4 nitrogen and oxygen atoms in total. The first-order valence-electron chi connectivity index (χ1n) is 7.10. The molecule has 1 N–H and O–H groups in total. The smallest absolute Gasteiger partial charge is 0.216 e. The molecular weight excluding hydrogens is 238 g/mol. The van der Waals surface area contributed by atoms with Gasteiger partial charge in [-0.3, -0.25) is 14.7 Å². The Morgan fingerprint density at radius 2 is 2.26 bits per heavy atom. The molecule has 1 atom stereocenters. The summed E-state index contributed by atoms with van der Waals surface area (Å²) in [5.41, 5.74) is 1.33. The lowest BCUT2D eigenvalue weighted by atomic mass is 9.94. The molecule has 1 aromatic rings. The summed E-state index contributed by atoms with van der Waals surface area (Å²) in [5.74, 6) is 0.784. The quantitative estimate of drug-likeness (QED) is 0.879. The fourth-order valence-electron chi connectivity index (χ4n) is 2.73. The third-order valence-electron chi connectivity index (χ3n) is 3.69. The van der Waals surface area contributed by atoms with Crippen LogP contribution in [0.5, 0.6) is 0 Å². The SMILES string of the molecule is CC(=O)NCC[C@@H]1CCCN(Cc2ccncc2)C1. The second-order valence-corrected chi connectivity index (χ2v) is 5.37. The summed E-state index contributed by atoms with van der Waals surface area (Å²) in [6.45, 7) is 5.72. The number of piperidine rings is 1. The minimum atomic E-state index is 0.0736.